The number of amides is 1. The predicted octanol–water partition coefficient (Wildman–Crippen LogP) is 2.39. The summed E-state index contributed by atoms with van der Waals surface area (Å²) in [7, 11) is 1.82. The molecule has 7 heteroatoms. The molecule has 0 N–H and O–H groups in total. The summed E-state index contributed by atoms with van der Waals surface area (Å²) < 4.78 is 6.94. The van der Waals surface area contributed by atoms with Crippen LogP contribution in [0.1, 0.15) is 60.0 Å². The minimum atomic E-state index is -0.180. The quantitative estimate of drug-likeness (QED) is 0.852. The number of aryl methyl sites for hydroxylation is 3. The van der Waals surface area contributed by atoms with Crippen LogP contribution in [0.2, 0.25) is 0 Å². The number of hydrogen-bond donors (Lipinski definition) is 0. The van der Waals surface area contributed by atoms with Gasteiger partial charge in [0.2, 0.25) is 5.89 Å². The normalized spacial score (nSPS) is 23.9. The summed E-state index contributed by atoms with van der Waals surface area (Å²) in [5.41, 5.74) is 1.32. The van der Waals surface area contributed by atoms with E-state index in [4.69, 9.17) is 4.52 Å². The molecular formula is C18H25N5O2. The summed E-state index contributed by atoms with van der Waals surface area (Å²) in [5.74, 6) is 2.14. The van der Waals surface area contributed by atoms with E-state index in [1.54, 1.807) is 4.68 Å². The van der Waals surface area contributed by atoms with Crippen molar-refractivity contribution >= 4 is 5.91 Å². The third kappa shape index (κ3) is 3.07. The molecule has 4 rings (SSSR count). The van der Waals surface area contributed by atoms with Crippen LogP contribution in [0.5, 0.6) is 0 Å². The summed E-state index contributed by atoms with van der Waals surface area (Å²) in [6, 6.07) is 1.86. The number of nitrogens with zero attached hydrogens (tertiary/aromatic N) is 5. The summed E-state index contributed by atoms with van der Waals surface area (Å²) >= 11 is 0. The van der Waals surface area contributed by atoms with Crippen LogP contribution in [0.25, 0.3) is 0 Å². The van der Waals surface area contributed by atoms with Crippen molar-refractivity contribution in [3.8, 4) is 0 Å². The lowest BCUT2D eigenvalue weighted by Gasteiger charge is -2.41. The number of aromatic nitrogens is 4. The van der Waals surface area contributed by atoms with Gasteiger partial charge in [-0.05, 0) is 38.2 Å². The highest BCUT2D eigenvalue weighted by Gasteiger charge is 2.46. The van der Waals surface area contributed by atoms with Gasteiger partial charge in [0.1, 0.15) is 5.69 Å². The zero-order chi connectivity index (χ0) is 17.6. The van der Waals surface area contributed by atoms with Crippen molar-refractivity contribution in [2.45, 2.75) is 51.4 Å². The Morgan fingerprint density at radius 2 is 2.20 bits per heavy atom. The van der Waals surface area contributed by atoms with Crippen LogP contribution in [0.15, 0.2) is 10.6 Å². The molecule has 7 nitrogen and oxygen atoms in total. The van der Waals surface area contributed by atoms with Crippen molar-refractivity contribution in [1.82, 2.24) is 24.8 Å². The Morgan fingerprint density at radius 3 is 2.80 bits per heavy atom. The third-order valence-electron chi connectivity index (χ3n) is 5.46. The first-order valence-corrected chi connectivity index (χ1v) is 9.07. The molecule has 1 saturated heterocycles. The van der Waals surface area contributed by atoms with Crippen LogP contribution >= 0.6 is 0 Å². The molecule has 1 amide bonds. The van der Waals surface area contributed by atoms with Gasteiger partial charge in [0, 0.05) is 27.1 Å². The van der Waals surface area contributed by atoms with E-state index >= 15 is 0 Å². The summed E-state index contributed by atoms with van der Waals surface area (Å²) in [6.45, 7) is 5.16. The monoisotopic (exact) mass is 343 g/mol. The molecule has 2 aromatic heterocycles. The standard InChI is InChI=1S/C18H25N5O2/c1-12-9-15(22(3)20-12)16(24)23-8-4-7-18(11-23,10-14-5-6-14)17-19-13(2)25-21-17/h9,14H,4-8,10-11H2,1-3H3. The fourth-order valence-electron chi connectivity index (χ4n) is 4.11. The average Bonchev–Trinajstić information content (AvgIpc) is 3.16. The van der Waals surface area contributed by atoms with Crippen molar-refractivity contribution in [2.75, 3.05) is 13.1 Å². The van der Waals surface area contributed by atoms with Crippen molar-refractivity contribution in [3.63, 3.8) is 0 Å². The van der Waals surface area contributed by atoms with Gasteiger partial charge >= 0.3 is 0 Å². The number of hydrogen-bond acceptors (Lipinski definition) is 5. The molecule has 1 aliphatic heterocycles. The maximum Gasteiger partial charge on any atom is 0.272 e. The first kappa shape index (κ1) is 16.3. The van der Waals surface area contributed by atoms with Gasteiger partial charge in [0.05, 0.1) is 11.1 Å². The van der Waals surface area contributed by atoms with Crippen LogP contribution in [0.3, 0.4) is 0 Å². The van der Waals surface area contributed by atoms with E-state index < -0.39 is 0 Å². The highest BCUT2D eigenvalue weighted by Crippen LogP contribution is 2.45. The number of likely N-dealkylation sites (tertiary alicyclic amines) is 1. The lowest BCUT2D eigenvalue weighted by atomic mass is 9.74. The lowest BCUT2D eigenvalue weighted by molar-refractivity contribution is 0.0596. The van der Waals surface area contributed by atoms with Crippen molar-refractivity contribution in [3.05, 3.63) is 29.2 Å². The predicted molar refractivity (Wildman–Crippen MR) is 91.1 cm³/mol. The molecule has 0 radical (unpaired) electrons. The molecule has 1 saturated carbocycles. The minimum Gasteiger partial charge on any atom is -0.340 e. The molecule has 0 bridgehead atoms. The molecular weight excluding hydrogens is 318 g/mol. The van der Waals surface area contributed by atoms with Gasteiger partial charge in [-0.3, -0.25) is 9.48 Å². The fourth-order valence-corrected chi connectivity index (χ4v) is 4.11. The highest BCUT2D eigenvalue weighted by molar-refractivity contribution is 5.92. The lowest BCUT2D eigenvalue weighted by Crippen LogP contribution is -2.49. The summed E-state index contributed by atoms with van der Waals surface area (Å²) in [6.07, 6.45) is 5.56. The maximum absolute atomic E-state index is 13.1. The number of piperidine rings is 1. The Kier molecular flexibility index (Phi) is 3.89. The molecule has 1 unspecified atom stereocenters. The second kappa shape index (κ2) is 5.97. The van der Waals surface area contributed by atoms with E-state index in [0.717, 1.165) is 43.2 Å². The third-order valence-corrected chi connectivity index (χ3v) is 5.46. The molecule has 3 heterocycles. The zero-order valence-electron chi connectivity index (χ0n) is 15.2. The Morgan fingerprint density at radius 1 is 1.40 bits per heavy atom. The number of rotatable bonds is 4. The SMILES string of the molecule is Cc1cc(C(=O)N2CCCC(CC3CC3)(c3noc(C)n3)C2)n(C)n1. The van der Waals surface area contributed by atoms with Crippen molar-refractivity contribution < 1.29 is 9.32 Å². The molecule has 1 atom stereocenters. The van der Waals surface area contributed by atoms with Crippen LogP contribution < -0.4 is 0 Å². The van der Waals surface area contributed by atoms with Gasteiger partial charge in [-0.1, -0.05) is 18.0 Å². The first-order valence-electron chi connectivity index (χ1n) is 9.07. The molecule has 2 aliphatic rings. The van der Waals surface area contributed by atoms with Gasteiger partial charge in [-0.2, -0.15) is 10.1 Å². The molecule has 0 spiro atoms. The van der Waals surface area contributed by atoms with Gasteiger partial charge in [0.15, 0.2) is 5.82 Å². The largest absolute Gasteiger partial charge is 0.340 e. The van der Waals surface area contributed by atoms with Crippen LogP contribution in [0, 0.1) is 19.8 Å². The van der Waals surface area contributed by atoms with Crippen LogP contribution in [-0.2, 0) is 12.5 Å². The maximum atomic E-state index is 13.1. The van der Waals surface area contributed by atoms with Gasteiger partial charge in [0.25, 0.3) is 5.91 Å². The van der Waals surface area contributed by atoms with E-state index in [1.807, 2.05) is 31.9 Å². The molecule has 1 aliphatic carbocycles. The Labute approximate surface area is 147 Å². The molecule has 2 fully saturated rings. The van der Waals surface area contributed by atoms with Gasteiger partial charge < -0.3 is 9.42 Å². The van der Waals surface area contributed by atoms with E-state index in [0.29, 0.717) is 18.1 Å². The zero-order valence-corrected chi connectivity index (χ0v) is 15.2. The van der Waals surface area contributed by atoms with Crippen LogP contribution in [0.4, 0.5) is 0 Å². The van der Waals surface area contributed by atoms with Gasteiger partial charge in [-0.25, -0.2) is 0 Å². The molecule has 2 aromatic rings. The number of carbonyl (C=O) groups excluding carboxylic acids is 1. The van der Waals surface area contributed by atoms with Gasteiger partial charge in [-0.15, -0.1) is 0 Å². The summed E-state index contributed by atoms with van der Waals surface area (Å²) in [5, 5.41) is 8.55. The molecule has 25 heavy (non-hydrogen) atoms. The molecule has 0 aromatic carbocycles. The minimum absolute atomic E-state index is 0.0446. The number of carbonyl (C=O) groups is 1. The van der Waals surface area contributed by atoms with E-state index in [2.05, 4.69) is 15.2 Å². The first-order chi connectivity index (χ1) is 12.0. The Hall–Kier alpha value is -2.18. The Balaban J connectivity index is 1.62. The summed E-state index contributed by atoms with van der Waals surface area (Å²) in [4.78, 5) is 19.6. The van der Waals surface area contributed by atoms with E-state index in [-0.39, 0.29) is 11.3 Å². The fraction of sp³-hybridized carbons (Fsp3) is 0.667. The van der Waals surface area contributed by atoms with Crippen LogP contribution in [-0.4, -0.2) is 43.8 Å². The second-order valence-electron chi connectivity index (χ2n) is 7.69. The van der Waals surface area contributed by atoms with E-state index in [1.165, 1.54) is 12.8 Å². The smallest absolute Gasteiger partial charge is 0.272 e. The Bertz CT molecular complexity index is 791. The topological polar surface area (TPSA) is 77.0 Å². The highest BCUT2D eigenvalue weighted by atomic mass is 16.5. The van der Waals surface area contributed by atoms with Crippen molar-refractivity contribution in [1.29, 1.82) is 0 Å². The van der Waals surface area contributed by atoms with Crippen molar-refractivity contribution in [2.24, 2.45) is 13.0 Å². The molecule has 134 valence electrons. The second-order valence-corrected chi connectivity index (χ2v) is 7.69. The average molecular weight is 343 g/mol. The van der Waals surface area contributed by atoms with E-state index in [9.17, 15) is 4.79 Å².